The molecule has 1 aromatic carbocycles. The van der Waals surface area contributed by atoms with Gasteiger partial charge in [-0.15, -0.1) is 0 Å². The number of nitrogens with two attached hydrogens (primary N) is 1. The highest BCUT2D eigenvalue weighted by Crippen LogP contribution is 2.38. The smallest absolute Gasteiger partial charge is 0.124 e. The molecule has 0 saturated heterocycles. The fraction of sp³-hybridized carbons (Fsp3) is 0.455. The first-order valence-corrected chi connectivity index (χ1v) is 5.17. The van der Waals surface area contributed by atoms with E-state index in [1.807, 2.05) is 19.9 Å². The van der Waals surface area contributed by atoms with E-state index in [0.717, 1.165) is 33.9 Å². The van der Waals surface area contributed by atoms with E-state index < -0.39 is 0 Å². The van der Waals surface area contributed by atoms with Gasteiger partial charge in [0.05, 0.1) is 6.61 Å². The lowest BCUT2D eigenvalue weighted by molar-refractivity contribution is 0.268. The zero-order valence-electron chi connectivity index (χ0n) is 8.43. The van der Waals surface area contributed by atoms with Gasteiger partial charge in [-0.1, -0.05) is 11.6 Å². The Labute approximate surface area is 89.0 Å². The normalized spacial score (nSPS) is 20.1. The molecule has 0 unspecified atom stereocenters. The second-order valence-electron chi connectivity index (χ2n) is 3.79. The minimum Gasteiger partial charge on any atom is -0.493 e. The third kappa shape index (κ3) is 1.39. The van der Waals surface area contributed by atoms with Gasteiger partial charge >= 0.3 is 0 Å². The molecule has 3 heteroatoms. The predicted molar refractivity (Wildman–Crippen MR) is 58.0 cm³/mol. The molecule has 1 heterocycles. The third-order valence-corrected chi connectivity index (χ3v) is 3.33. The van der Waals surface area contributed by atoms with Gasteiger partial charge in [-0.3, -0.25) is 0 Å². The molecule has 0 aliphatic carbocycles. The Kier molecular flexibility index (Phi) is 2.41. The lowest BCUT2D eigenvalue weighted by Crippen LogP contribution is -2.22. The van der Waals surface area contributed by atoms with E-state index in [-0.39, 0.29) is 6.04 Å². The summed E-state index contributed by atoms with van der Waals surface area (Å²) in [5.41, 5.74) is 9.22. The summed E-state index contributed by atoms with van der Waals surface area (Å²) in [7, 11) is 0. The number of aryl methyl sites for hydroxylation is 1. The first-order chi connectivity index (χ1) is 6.61. The molecule has 1 aliphatic heterocycles. The van der Waals surface area contributed by atoms with Gasteiger partial charge < -0.3 is 10.5 Å². The molecular weight excluding hydrogens is 198 g/mol. The second-order valence-corrected chi connectivity index (χ2v) is 4.17. The zero-order chi connectivity index (χ0) is 10.3. The summed E-state index contributed by atoms with van der Waals surface area (Å²) in [5.74, 6) is 0.906. The van der Waals surface area contributed by atoms with Crippen molar-refractivity contribution in [1.29, 1.82) is 0 Å². The average molecular weight is 212 g/mol. The van der Waals surface area contributed by atoms with Crippen LogP contribution in [0.4, 0.5) is 0 Å². The molecule has 2 nitrogen and oxygen atoms in total. The lowest BCUT2D eigenvalue weighted by Gasteiger charge is -2.26. The molecule has 0 aromatic heterocycles. The van der Waals surface area contributed by atoms with Crippen LogP contribution in [0.5, 0.6) is 5.75 Å². The van der Waals surface area contributed by atoms with Crippen molar-refractivity contribution in [2.75, 3.05) is 6.61 Å². The Balaban J connectivity index is 2.64. The van der Waals surface area contributed by atoms with Crippen LogP contribution in [0.2, 0.25) is 5.02 Å². The number of benzene rings is 1. The van der Waals surface area contributed by atoms with Gasteiger partial charge in [0.15, 0.2) is 0 Å². The Bertz CT molecular complexity index is 376. The second kappa shape index (κ2) is 3.44. The fourth-order valence-corrected chi connectivity index (χ4v) is 2.11. The molecule has 0 radical (unpaired) electrons. The van der Waals surface area contributed by atoms with Gasteiger partial charge in [-0.2, -0.15) is 0 Å². The largest absolute Gasteiger partial charge is 0.493 e. The van der Waals surface area contributed by atoms with Crippen LogP contribution >= 0.6 is 11.6 Å². The number of halogens is 1. The SMILES string of the molecule is Cc1cc2c(c(C)c1Cl)[C@H](N)CCO2. The summed E-state index contributed by atoms with van der Waals surface area (Å²) < 4.78 is 5.57. The predicted octanol–water partition coefficient (Wildman–Crippen LogP) is 2.74. The minimum atomic E-state index is 0.0665. The van der Waals surface area contributed by atoms with E-state index >= 15 is 0 Å². The maximum absolute atomic E-state index is 6.17. The molecule has 1 aliphatic rings. The molecule has 0 saturated carbocycles. The quantitative estimate of drug-likeness (QED) is 0.716. The van der Waals surface area contributed by atoms with Crippen LogP contribution in [0, 0.1) is 13.8 Å². The van der Waals surface area contributed by atoms with Gasteiger partial charge in [0.25, 0.3) is 0 Å². The molecule has 0 spiro atoms. The van der Waals surface area contributed by atoms with Crippen LogP contribution in [0.15, 0.2) is 6.07 Å². The van der Waals surface area contributed by atoms with E-state index in [0.29, 0.717) is 6.61 Å². The molecular formula is C11H14ClNO. The van der Waals surface area contributed by atoms with Crippen molar-refractivity contribution < 1.29 is 4.74 Å². The number of ether oxygens (including phenoxy) is 1. The third-order valence-electron chi connectivity index (χ3n) is 2.75. The number of fused-ring (bicyclic) bond motifs is 1. The molecule has 0 amide bonds. The van der Waals surface area contributed by atoms with E-state index in [1.165, 1.54) is 0 Å². The summed E-state index contributed by atoms with van der Waals surface area (Å²) in [6.45, 7) is 4.69. The van der Waals surface area contributed by atoms with Crippen molar-refractivity contribution in [2.45, 2.75) is 26.3 Å². The maximum Gasteiger partial charge on any atom is 0.124 e. The summed E-state index contributed by atoms with van der Waals surface area (Å²) in [5, 5.41) is 0.810. The highest BCUT2D eigenvalue weighted by Gasteiger charge is 2.22. The number of rotatable bonds is 0. The first kappa shape index (κ1) is 9.81. The number of hydrogen-bond donors (Lipinski definition) is 1. The molecule has 0 fully saturated rings. The van der Waals surface area contributed by atoms with Crippen LogP contribution in [0.3, 0.4) is 0 Å². The van der Waals surface area contributed by atoms with Gasteiger partial charge in [0.2, 0.25) is 0 Å². The van der Waals surface area contributed by atoms with Crippen molar-refractivity contribution in [3.63, 3.8) is 0 Å². The molecule has 2 N–H and O–H groups in total. The van der Waals surface area contributed by atoms with Gasteiger partial charge in [0.1, 0.15) is 5.75 Å². The summed E-state index contributed by atoms with van der Waals surface area (Å²) in [4.78, 5) is 0. The lowest BCUT2D eigenvalue weighted by atomic mass is 9.95. The molecule has 2 rings (SSSR count). The zero-order valence-corrected chi connectivity index (χ0v) is 9.19. The monoisotopic (exact) mass is 211 g/mol. The van der Waals surface area contributed by atoms with Crippen LogP contribution in [-0.4, -0.2) is 6.61 Å². The van der Waals surface area contributed by atoms with Crippen LogP contribution < -0.4 is 10.5 Å². The fourth-order valence-electron chi connectivity index (χ4n) is 1.96. The summed E-state index contributed by atoms with van der Waals surface area (Å²) in [6.07, 6.45) is 0.868. The van der Waals surface area contributed by atoms with E-state index in [2.05, 4.69) is 0 Å². The Morgan fingerprint density at radius 3 is 2.93 bits per heavy atom. The van der Waals surface area contributed by atoms with Gasteiger partial charge in [-0.25, -0.2) is 0 Å². The highest BCUT2D eigenvalue weighted by molar-refractivity contribution is 6.32. The molecule has 0 bridgehead atoms. The van der Waals surface area contributed by atoms with Crippen molar-refractivity contribution in [3.05, 3.63) is 27.8 Å². The van der Waals surface area contributed by atoms with Crippen molar-refractivity contribution >= 4 is 11.6 Å². The molecule has 1 aromatic rings. The summed E-state index contributed by atoms with van der Waals surface area (Å²) in [6, 6.07) is 2.04. The van der Waals surface area contributed by atoms with Crippen LogP contribution in [-0.2, 0) is 0 Å². The van der Waals surface area contributed by atoms with E-state index in [9.17, 15) is 0 Å². The van der Waals surface area contributed by atoms with Crippen molar-refractivity contribution in [3.8, 4) is 5.75 Å². The Morgan fingerprint density at radius 2 is 2.21 bits per heavy atom. The number of hydrogen-bond acceptors (Lipinski definition) is 2. The molecule has 1 atom stereocenters. The Hall–Kier alpha value is -0.730. The van der Waals surface area contributed by atoms with Crippen molar-refractivity contribution in [1.82, 2.24) is 0 Å². The topological polar surface area (TPSA) is 35.2 Å². The molecule has 76 valence electrons. The van der Waals surface area contributed by atoms with E-state index in [4.69, 9.17) is 22.1 Å². The minimum absolute atomic E-state index is 0.0665. The van der Waals surface area contributed by atoms with E-state index in [1.54, 1.807) is 0 Å². The Morgan fingerprint density at radius 1 is 1.50 bits per heavy atom. The maximum atomic E-state index is 6.17. The highest BCUT2D eigenvalue weighted by atomic mass is 35.5. The molecule has 14 heavy (non-hydrogen) atoms. The van der Waals surface area contributed by atoms with Crippen LogP contribution in [0.25, 0.3) is 0 Å². The van der Waals surface area contributed by atoms with Gasteiger partial charge in [-0.05, 0) is 31.0 Å². The standard InChI is InChI=1S/C11H14ClNO/c1-6-5-9-10(7(2)11(6)12)8(13)3-4-14-9/h5,8H,3-4,13H2,1-2H3/t8-/m1/s1. The average Bonchev–Trinajstić information content (AvgIpc) is 2.14. The van der Waals surface area contributed by atoms with Crippen LogP contribution in [0.1, 0.15) is 29.2 Å². The summed E-state index contributed by atoms with van der Waals surface area (Å²) >= 11 is 6.17. The van der Waals surface area contributed by atoms with Gasteiger partial charge in [0, 0.05) is 23.0 Å². The van der Waals surface area contributed by atoms with Crippen molar-refractivity contribution in [2.24, 2.45) is 5.73 Å². The first-order valence-electron chi connectivity index (χ1n) is 4.79.